The summed E-state index contributed by atoms with van der Waals surface area (Å²) in [4.78, 5) is 24.0. The number of nitrogens with zero attached hydrogens (tertiary/aromatic N) is 4. The van der Waals surface area contributed by atoms with E-state index < -0.39 is 5.97 Å². The molecule has 0 amide bonds. The predicted octanol–water partition coefficient (Wildman–Crippen LogP) is 1.56. The number of aromatic carboxylic acids is 1. The van der Waals surface area contributed by atoms with Crippen LogP contribution in [0.5, 0.6) is 0 Å². The summed E-state index contributed by atoms with van der Waals surface area (Å²) in [6.45, 7) is 3.37. The first-order chi connectivity index (χ1) is 9.74. The highest BCUT2D eigenvalue weighted by Gasteiger charge is 2.21. The van der Waals surface area contributed by atoms with Gasteiger partial charge in [-0.05, 0) is 12.1 Å². The van der Waals surface area contributed by atoms with Crippen molar-refractivity contribution in [1.82, 2.24) is 9.97 Å². The van der Waals surface area contributed by atoms with Crippen LogP contribution in [0, 0.1) is 0 Å². The Kier molecular flexibility index (Phi) is 3.51. The summed E-state index contributed by atoms with van der Waals surface area (Å²) in [6, 6.07) is 5.89. The van der Waals surface area contributed by atoms with Gasteiger partial charge >= 0.3 is 5.97 Å². The average molecular weight is 290 g/mol. The zero-order valence-corrected chi connectivity index (χ0v) is 11.6. The molecule has 7 heteroatoms. The number of carboxylic acid groups (broad SMARTS) is 1. The third kappa shape index (κ3) is 2.57. The van der Waals surface area contributed by atoms with Crippen LogP contribution >= 0.6 is 11.3 Å². The molecule has 0 radical (unpaired) electrons. The lowest BCUT2D eigenvalue weighted by atomic mass is 10.3. The molecule has 0 aliphatic carbocycles. The Morgan fingerprint density at radius 2 is 1.90 bits per heavy atom. The minimum Gasteiger partial charge on any atom is -0.477 e. The van der Waals surface area contributed by atoms with Gasteiger partial charge in [0.1, 0.15) is 10.7 Å². The van der Waals surface area contributed by atoms with Crippen molar-refractivity contribution in [3.63, 3.8) is 0 Å². The van der Waals surface area contributed by atoms with Crippen molar-refractivity contribution < 1.29 is 9.90 Å². The zero-order valence-electron chi connectivity index (χ0n) is 10.8. The minimum absolute atomic E-state index is 0.284. The van der Waals surface area contributed by atoms with Crippen LogP contribution in [0.1, 0.15) is 9.67 Å². The van der Waals surface area contributed by atoms with E-state index in [9.17, 15) is 4.79 Å². The maximum Gasteiger partial charge on any atom is 0.347 e. The van der Waals surface area contributed by atoms with Crippen molar-refractivity contribution in [2.45, 2.75) is 0 Å². The Balaban J connectivity index is 1.65. The number of anilines is 2. The maximum atomic E-state index is 10.9. The van der Waals surface area contributed by atoms with Crippen LogP contribution in [0.25, 0.3) is 0 Å². The van der Waals surface area contributed by atoms with E-state index in [0.29, 0.717) is 0 Å². The maximum absolute atomic E-state index is 10.9. The highest BCUT2D eigenvalue weighted by Crippen LogP contribution is 2.24. The molecular weight excluding hydrogens is 276 g/mol. The molecule has 2 aromatic rings. The largest absolute Gasteiger partial charge is 0.477 e. The van der Waals surface area contributed by atoms with Crippen LogP contribution in [0.4, 0.5) is 10.9 Å². The quantitative estimate of drug-likeness (QED) is 0.925. The summed E-state index contributed by atoms with van der Waals surface area (Å²) in [5.41, 5.74) is 0. The Morgan fingerprint density at radius 1 is 1.15 bits per heavy atom. The third-order valence-electron chi connectivity index (χ3n) is 3.23. The van der Waals surface area contributed by atoms with E-state index in [1.165, 1.54) is 17.5 Å². The summed E-state index contributed by atoms with van der Waals surface area (Å²) in [7, 11) is 0. The predicted molar refractivity (Wildman–Crippen MR) is 77.7 cm³/mol. The molecule has 20 heavy (non-hydrogen) atoms. The van der Waals surface area contributed by atoms with Crippen molar-refractivity contribution >= 4 is 28.3 Å². The second-order valence-electron chi connectivity index (χ2n) is 4.47. The van der Waals surface area contributed by atoms with Gasteiger partial charge in [0.25, 0.3) is 0 Å². The highest BCUT2D eigenvalue weighted by molar-refractivity contribution is 7.17. The summed E-state index contributed by atoms with van der Waals surface area (Å²) >= 11 is 1.23. The fraction of sp³-hybridized carbons (Fsp3) is 0.308. The molecule has 0 atom stereocenters. The summed E-state index contributed by atoms with van der Waals surface area (Å²) in [5, 5.41) is 9.70. The second-order valence-corrected chi connectivity index (χ2v) is 5.48. The first kappa shape index (κ1) is 12.9. The number of carbonyl (C=O) groups is 1. The Bertz CT molecular complexity index is 593. The fourth-order valence-electron chi connectivity index (χ4n) is 2.18. The number of piperazine rings is 1. The number of rotatable bonds is 3. The smallest absolute Gasteiger partial charge is 0.347 e. The summed E-state index contributed by atoms with van der Waals surface area (Å²) in [6.07, 6.45) is 3.22. The summed E-state index contributed by atoms with van der Waals surface area (Å²) < 4.78 is 0. The van der Waals surface area contributed by atoms with E-state index in [2.05, 4.69) is 19.8 Å². The van der Waals surface area contributed by atoms with Gasteiger partial charge in [-0.25, -0.2) is 14.8 Å². The van der Waals surface area contributed by atoms with Gasteiger partial charge in [-0.2, -0.15) is 0 Å². The number of pyridine rings is 1. The zero-order chi connectivity index (χ0) is 13.9. The number of hydrogen-bond acceptors (Lipinski definition) is 6. The van der Waals surface area contributed by atoms with Crippen LogP contribution in [0.15, 0.2) is 30.6 Å². The lowest BCUT2D eigenvalue weighted by molar-refractivity contribution is 0.0702. The van der Waals surface area contributed by atoms with Crippen molar-refractivity contribution in [2.75, 3.05) is 36.0 Å². The topological polar surface area (TPSA) is 69.6 Å². The molecule has 0 bridgehead atoms. The van der Waals surface area contributed by atoms with E-state index in [1.54, 1.807) is 6.20 Å². The molecule has 1 aliphatic heterocycles. The van der Waals surface area contributed by atoms with Crippen LogP contribution in [-0.4, -0.2) is 47.2 Å². The molecule has 1 fully saturated rings. The van der Waals surface area contributed by atoms with Gasteiger partial charge in [-0.15, -0.1) is 0 Å². The van der Waals surface area contributed by atoms with Crippen LogP contribution in [0.3, 0.4) is 0 Å². The second kappa shape index (κ2) is 5.46. The monoisotopic (exact) mass is 290 g/mol. The van der Waals surface area contributed by atoms with Gasteiger partial charge < -0.3 is 14.9 Å². The molecule has 0 spiro atoms. The van der Waals surface area contributed by atoms with Crippen LogP contribution in [0.2, 0.25) is 0 Å². The number of carboxylic acids is 1. The average Bonchev–Trinajstić information content (AvgIpc) is 2.98. The SMILES string of the molecule is O=C(O)c1cnc(N2CCN(c3ccccn3)CC2)s1. The van der Waals surface area contributed by atoms with Crippen LogP contribution < -0.4 is 9.80 Å². The molecule has 3 heterocycles. The molecule has 1 saturated heterocycles. The van der Waals surface area contributed by atoms with Gasteiger partial charge in [0.15, 0.2) is 5.13 Å². The van der Waals surface area contributed by atoms with Gasteiger partial charge in [-0.1, -0.05) is 17.4 Å². The van der Waals surface area contributed by atoms with Crippen molar-refractivity contribution in [1.29, 1.82) is 0 Å². The van der Waals surface area contributed by atoms with Gasteiger partial charge in [-0.3, -0.25) is 0 Å². The van der Waals surface area contributed by atoms with Crippen molar-refractivity contribution in [3.05, 3.63) is 35.5 Å². The number of thiazole rings is 1. The van der Waals surface area contributed by atoms with E-state index in [4.69, 9.17) is 5.11 Å². The molecule has 1 N–H and O–H groups in total. The Morgan fingerprint density at radius 3 is 2.50 bits per heavy atom. The first-order valence-electron chi connectivity index (χ1n) is 6.34. The molecule has 104 valence electrons. The minimum atomic E-state index is -0.916. The Hall–Kier alpha value is -2.15. The number of hydrogen-bond donors (Lipinski definition) is 1. The van der Waals surface area contributed by atoms with Crippen LogP contribution in [-0.2, 0) is 0 Å². The molecule has 6 nitrogen and oxygen atoms in total. The van der Waals surface area contributed by atoms with E-state index in [1.807, 2.05) is 18.2 Å². The standard InChI is InChI=1S/C13H14N4O2S/c18-12(19)10-9-15-13(20-10)17-7-5-16(6-8-17)11-3-1-2-4-14-11/h1-4,9H,5-8H2,(H,18,19). The van der Waals surface area contributed by atoms with Gasteiger partial charge in [0, 0.05) is 32.4 Å². The van der Waals surface area contributed by atoms with Crippen molar-refractivity contribution in [3.8, 4) is 0 Å². The highest BCUT2D eigenvalue weighted by atomic mass is 32.1. The molecule has 0 aromatic carbocycles. The summed E-state index contributed by atoms with van der Waals surface area (Å²) in [5.74, 6) is 0.0679. The van der Waals surface area contributed by atoms with Gasteiger partial charge in [0.05, 0.1) is 6.20 Å². The lowest BCUT2D eigenvalue weighted by Gasteiger charge is -2.35. The Labute approximate surface area is 120 Å². The van der Waals surface area contributed by atoms with E-state index in [-0.39, 0.29) is 4.88 Å². The number of aromatic nitrogens is 2. The van der Waals surface area contributed by atoms with Gasteiger partial charge in [0.2, 0.25) is 0 Å². The fourth-order valence-corrected chi connectivity index (χ4v) is 2.98. The van der Waals surface area contributed by atoms with E-state index in [0.717, 1.165) is 37.1 Å². The molecule has 2 aromatic heterocycles. The molecule has 1 aliphatic rings. The molecule has 3 rings (SSSR count). The van der Waals surface area contributed by atoms with E-state index >= 15 is 0 Å². The molecular formula is C13H14N4O2S. The molecule has 0 unspecified atom stereocenters. The lowest BCUT2D eigenvalue weighted by Crippen LogP contribution is -2.46. The van der Waals surface area contributed by atoms with Crippen molar-refractivity contribution in [2.24, 2.45) is 0 Å². The normalized spacial score (nSPS) is 15.4. The third-order valence-corrected chi connectivity index (χ3v) is 4.27. The first-order valence-corrected chi connectivity index (χ1v) is 7.16. The molecule has 0 saturated carbocycles.